The number of pyridine rings is 1. The van der Waals surface area contributed by atoms with Crippen molar-refractivity contribution in [2.75, 3.05) is 5.73 Å². The van der Waals surface area contributed by atoms with Crippen molar-refractivity contribution in [2.45, 2.75) is 0 Å². The minimum absolute atomic E-state index is 0.498. The average molecular weight is 304 g/mol. The second-order valence-corrected chi connectivity index (χ2v) is 5.72. The third-order valence-corrected chi connectivity index (χ3v) is 4.41. The molecule has 0 fully saturated rings. The van der Waals surface area contributed by atoms with Crippen LogP contribution in [0.1, 0.15) is 0 Å². The van der Waals surface area contributed by atoms with E-state index in [-0.39, 0.29) is 0 Å². The average Bonchev–Trinajstić information content (AvgIpc) is 3.01. The molecule has 0 aliphatic rings. The lowest BCUT2D eigenvalue weighted by Crippen LogP contribution is -1.97. The van der Waals surface area contributed by atoms with Crippen LogP contribution in [0.4, 0.5) is 5.82 Å². The molecule has 1 aromatic carbocycles. The molecular formula is C17H12N4S. The van der Waals surface area contributed by atoms with Crippen LogP contribution in [0, 0.1) is 0 Å². The quantitative estimate of drug-likeness (QED) is 0.608. The highest BCUT2D eigenvalue weighted by molar-refractivity contribution is 7.18. The SMILES string of the molecule is Nc1nc(-c2ccccn2)nc2c(-c3ccccc3)csc12. The van der Waals surface area contributed by atoms with Gasteiger partial charge in [-0.25, -0.2) is 9.97 Å². The Labute approximate surface area is 131 Å². The van der Waals surface area contributed by atoms with Crippen molar-refractivity contribution < 1.29 is 0 Å². The molecule has 3 heterocycles. The number of fused-ring (bicyclic) bond motifs is 1. The van der Waals surface area contributed by atoms with E-state index in [1.54, 1.807) is 17.5 Å². The van der Waals surface area contributed by atoms with E-state index < -0.39 is 0 Å². The van der Waals surface area contributed by atoms with Crippen molar-refractivity contribution in [2.24, 2.45) is 0 Å². The van der Waals surface area contributed by atoms with Gasteiger partial charge in [-0.15, -0.1) is 11.3 Å². The highest BCUT2D eigenvalue weighted by atomic mass is 32.1. The van der Waals surface area contributed by atoms with Crippen molar-refractivity contribution in [3.8, 4) is 22.6 Å². The second-order valence-electron chi connectivity index (χ2n) is 4.84. The van der Waals surface area contributed by atoms with Gasteiger partial charge in [-0.2, -0.15) is 0 Å². The number of rotatable bonds is 2. The molecule has 0 saturated carbocycles. The smallest absolute Gasteiger partial charge is 0.180 e. The summed E-state index contributed by atoms with van der Waals surface area (Å²) in [7, 11) is 0. The van der Waals surface area contributed by atoms with E-state index in [0.29, 0.717) is 11.6 Å². The molecule has 0 saturated heterocycles. The number of nitrogens with zero attached hydrogens (tertiary/aromatic N) is 3. The first-order chi connectivity index (χ1) is 10.8. The first kappa shape index (κ1) is 12.9. The fourth-order valence-electron chi connectivity index (χ4n) is 2.37. The lowest BCUT2D eigenvalue weighted by molar-refractivity contribution is 1.19. The van der Waals surface area contributed by atoms with Crippen LogP contribution >= 0.6 is 11.3 Å². The molecule has 106 valence electrons. The molecule has 0 aliphatic carbocycles. The first-order valence-electron chi connectivity index (χ1n) is 6.84. The monoisotopic (exact) mass is 304 g/mol. The zero-order valence-corrected chi connectivity index (χ0v) is 12.4. The minimum atomic E-state index is 0.498. The molecule has 0 bridgehead atoms. The van der Waals surface area contributed by atoms with Crippen molar-refractivity contribution >= 4 is 27.4 Å². The summed E-state index contributed by atoms with van der Waals surface area (Å²) in [5.74, 6) is 1.05. The van der Waals surface area contributed by atoms with E-state index >= 15 is 0 Å². The summed E-state index contributed by atoms with van der Waals surface area (Å²) < 4.78 is 0.915. The Morgan fingerprint density at radius 1 is 0.909 bits per heavy atom. The second kappa shape index (κ2) is 5.20. The Morgan fingerprint density at radius 2 is 1.73 bits per heavy atom. The number of hydrogen-bond donors (Lipinski definition) is 1. The van der Waals surface area contributed by atoms with Gasteiger partial charge in [-0.1, -0.05) is 36.4 Å². The summed E-state index contributed by atoms with van der Waals surface area (Å²) >= 11 is 1.57. The Morgan fingerprint density at radius 3 is 2.50 bits per heavy atom. The molecule has 5 heteroatoms. The van der Waals surface area contributed by atoms with Crippen molar-refractivity contribution in [3.63, 3.8) is 0 Å². The van der Waals surface area contributed by atoms with Crippen LogP contribution in [-0.4, -0.2) is 15.0 Å². The van der Waals surface area contributed by atoms with Gasteiger partial charge in [0.15, 0.2) is 5.82 Å². The molecule has 3 aromatic heterocycles. The largest absolute Gasteiger partial charge is 0.382 e. The van der Waals surface area contributed by atoms with Crippen LogP contribution in [0.2, 0.25) is 0 Å². The molecule has 0 aliphatic heterocycles. The predicted octanol–water partition coefficient (Wildman–Crippen LogP) is 4.00. The summed E-state index contributed by atoms with van der Waals surface area (Å²) in [5.41, 5.74) is 9.92. The number of anilines is 1. The van der Waals surface area contributed by atoms with E-state index in [9.17, 15) is 0 Å². The van der Waals surface area contributed by atoms with Crippen LogP contribution in [0.25, 0.3) is 32.9 Å². The maximum atomic E-state index is 6.12. The van der Waals surface area contributed by atoms with Crippen LogP contribution in [0.5, 0.6) is 0 Å². The predicted molar refractivity (Wildman–Crippen MR) is 90.5 cm³/mol. The van der Waals surface area contributed by atoms with Crippen molar-refractivity contribution in [1.82, 2.24) is 15.0 Å². The minimum Gasteiger partial charge on any atom is -0.382 e. The Bertz CT molecular complexity index is 933. The summed E-state index contributed by atoms with van der Waals surface area (Å²) in [6.45, 7) is 0. The maximum Gasteiger partial charge on any atom is 0.180 e. The standard InChI is InChI=1S/C17H12N4S/c18-16-15-14(12(10-22-15)11-6-2-1-3-7-11)20-17(21-16)13-8-4-5-9-19-13/h1-10H,(H2,18,20,21). The van der Waals surface area contributed by atoms with Gasteiger partial charge in [-0.3, -0.25) is 4.98 Å². The van der Waals surface area contributed by atoms with Crippen LogP contribution in [-0.2, 0) is 0 Å². The van der Waals surface area contributed by atoms with E-state index in [0.717, 1.165) is 27.0 Å². The van der Waals surface area contributed by atoms with E-state index in [1.807, 2.05) is 36.4 Å². The summed E-state index contributed by atoms with van der Waals surface area (Å²) in [6.07, 6.45) is 1.73. The van der Waals surface area contributed by atoms with Gasteiger partial charge in [0, 0.05) is 17.1 Å². The molecule has 0 radical (unpaired) electrons. The number of nitrogen functional groups attached to an aromatic ring is 1. The van der Waals surface area contributed by atoms with Crippen LogP contribution in [0.15, 0.2) is 60.1 Å². The lowest BCUT2D eigenvalue weighted by Gasteiger charge is -2.04. The number of hydrogen-bond acceptors (Lipinski definition) is 5. The van der Waals surface area contributed by atoms with E-state index in [4.69, 9.17) is 10.7 Å². The van der Waals surface area contributed by atoms with Crippen molar-refractivity contribution in [1.29, 1.82) is 0 Å². The number of aromatic nitrogens is 3. The Balaban J connectivity index is 1.97. The highest BCUT2D eigenvalue weighted by Crippen LogP contribution is 2.36. The first-order valence-corrected chi connectivity index (χ1v) is 7.72. The van der Waals surface area contributed by atoms with Gasteiger partial charge in [0.05, 0.1) is 10.2 Å². The molecule has 4 nitrogen and oxygen atoms in total. The zero-order valence-electron chi connectivity index (χ0n) is 11.6. The summed E-state index contributed by atoms with van der Waals surface area (Å²) in [4.78, 5) is 13.4. The molecule has 0 amide bonds. The number of nitrogens with two attached hydrogens (primary N) is 1. The summed E-state index contributed by atoms with van der Waals surface area (Å²) in [5, 5.41) is 2.08. The maximum absolute atomic E-state index is 6.12. The number of benzene rings is 1. The molecule has 4 aromatic rings. The molecule has 0 spiro atoms. The fraction of sp³-hybridized carbons (Fsp3) is 0. The van der Waals surface area contributed by atoms with Gasteiger partial charge in [0.2, 0.25) is 0 Å². The summed E-state index contributed by atoms with van der Waals surface area (Å²) in [6, 6.07) is 15.8. The van der Waals surface area contributed by atoms with Crippen molar-refractivity contribution in [3.05, 3.63) is 60.1 Å². The molecule has 4 rings (SSSR count). The van der Waals surface area contributed by atoms with Gasteiger partial charge in [0.1, 0.15) is 11.5 Å². The van der Waals surface area contributed by atoms with Crippen LogP contribution in [0.3, 0.4) is 0 Å². The van der Waals surface area contributed by atoms with E-state index in [1.165, 1.54) is 0 Å². The Kier molecular flexibility index (Phi) is 3.05. The third kappa shape index (κ3) is 2.12. The van der Waals surface area contributed by atoms with Gasteiger partial charge >= 0.3 is 0 Å². The fourth-order valence-corrected chi connectivity index (χ4v) is 3.29. The molecule has 0 atom stereocenters. The van der Waals surface area contributed by atoms with Gasteiger partial charge in [-0.05, 0) is 17.7 Å². The van der Waals surface area contributed by atoms with Crippen LogP contribution < -0.4 is 5.73 Å². The molecule has 0 unspecified atom stereocenters. The molecular weight excluding hydrogens is 292 g/mol. The molecule has 22 heavy (non-hydrogen) atoms. The van der Waals surface area contributed by atoms with Gasteiger partial charge in [0.25, 0.3) is 0 Å². The Hall–Kier alpha value is -2.79. The topological polar surface area (TPSA) is 64.7 Å². The third-order valence-electron chi connectivity index (χ3n) is 3.42. The van der Waals surface area contributed by atoms with E-state index in [2.05, 4.69) is 27.5 Å². The normalized spacial score (nSPS) is 10.9. The van der Waals surface area contributed by atoms with Gasteiger partial charge < -0.3 is 5.73 Å². The number of thiophene rings is 1. The highest BCUT2D eigenvalue weighted by Gasteiger charge is 2.14. The zero-order chi connectivity index (χ0) is 14.9. The lowest BCUT2D eigenvalue weighted by atomic mass is 10.1. The molecule has 2 N–H and O–H groups in total.